The molecule has 2 aromatic heterocycles. The SMILES string of the molecule is CCOP(=O)(Nc1ncnc2c1ncn2C1O[C@H](CO)[C@@H](O)[C@@]1(C)O)OCC. The average molecular weight is 417 g/mol. The van der Waals surface area contributed by atoms with E-state index in [9.17, 15) is 19.9 Å². The summed E-state index contributed by atoms with van der Waals surface area (Å²) in [5, 5.41) is 32.9. The van der Waals surface area contributed by atoms with Crippen LogP contribution in [0.4, 0.5) is 5.82 Å². The third-order valence-corrected chi connectivity index (χ3v) is 6.07. The van der Waals surface area contributed by atoms with E-state index in [1.807, 2.05) is 0 Å². The largest absolute Gasteiger partial charge is 0.433 e. The van der Waals surface area contributed by atoms with Gasteiger partial charge in [0.05, 0.1) is 26.1 Å². The molecule has 0 bridgehead atoms. The Morgan fingerprint density at radius 2 is 2.00 bits per heavy atom. The normalized spacial score (nSPS) is 28.1. The first-order valence-corrected chi connectivity index (χ1v) is 10.3. The van der Waals surface area contributed by atoms with Crippen molar-refractivity contribution in [3.8, 4) is 0 Å². The predicted molar refractivity (Wildman–Crippen MR) is 97.4 cm³/mol. The second-order valence-electron chi connectivity index (χ2n) is 6.37. The fourth-order valence-corrected chi connectivity index (χ4v) is 4.37. The van der Waals surface area contributed by atoms with Gasteiger partial charge in [-0.1, -0.05) is 0 Å². The average Bonchev–Trinajstić information content (AvgIpc) is 3.15. The zero-order chi connectivity index (χ0) is 20.5. The highest BCUT2D eigenvalue weighted by molar-refractivity contribution is 7.55. The van der Waals surface area contributed by atoms with Crippen LogP contribution in [-0.2, 0) is 18.3 Å². The van der Waals surface area contributed by atoms with Gasteiger partial charge in [0.2, 0.25) is 0 Å². The Bertz CT molecular complexity index is 866. The van der Waals surface area contributed by atoms with Crippen molar-refractivity contribution in [1.82, 2.24) is 19.5 Å². The van der Waals surface area contributed by atoms with Crippen LogP contribution in [0.5, 0.6) is 0 Å². The van der Waals surface area contributed by atoms with E-state index < -0.39 is 38.4 Å². The van der Waals surface area contributed by atoms with Crippen molar-refractivity contribution in [2.45, 2.75) is 44.8 Å². The van der Waals surface area contributed by atoms with Crippen molar-refractivity contribution in [1.29, 1.82) is 0 Å². The van der Waals surface area contributed by atoms with E-state index in [2.05, 4.69) is 20.0 Å². The lowest BCUT2D eigenvalue weighted by Gasteiger charge is -2.27. The maximum atomic E-state index is 12.7. The van der Waals surface area contributed by atoms with Crippen molar-refractivity contribution in [2.24, 2.45) is 0 Å². The van der Waals surface area contributed by atoms with E-state index in [-0.39, 0.29) is 30.2 Å². The molecule has 0 saturated carbocycles. The minimum atomic E-state index is -3.66. The van der Waals surface area contributed by atoms with Gasteiger partial charge in [-0.15, -0.1) is 0 Å². The number of hydrogen-bond donors (Lipinski definition) is 4. The van der Waals surface area contributed by atoms with Crippen LogP contribution in [0.1, 0.15) is 27.0 Å². The van der Waals surface area contributed by atoms with Crippen molar-refractivity contribution in [3.05, 3.63) is 12.7 Å². The van der Waals surface area contributed by atoms with Gasteiger partial charge < -0.3 is 20.1 Å². The Kier molecular flexibility index (Phi) is 6.01. The van der Waals surface area contributed by atoms with E-state index in [1.165, 1.54) is 24.1 Å². The molecule has 3 heterocycles. The summed E-state index contributed by atoms with van der Waals surface area (Å²) in [5.74, 6) is 0.117. The molecule has 1 aliphatic rings. The minimum Gasteiger partial charge on any atom is -0.394 e. The van der Waals surface area contributed by atoms with Gasteiger partial charge in [0.25, 0.3) is 0 Å². The summed E-state index contributed by atoms with van der Waals surface area (Å²) in [4.78, 5) is 12.4. The topological polar surface area (TPSA) is 161 Å². The summed E-state index contributed by atoms with van der Waals surface area (Å²) < 4.78 is 30.2. The third kappa shape index (κ3) is 3.64. The van der Waals surface area contributed by atoms with Crippen LogP contribution in [0.25, 0.3) is 11.2 Å². The Morgan fingerprint density at radius 3 is 2.57 bits per heavy atom. The molecule has 1 fully saturated rings. The lowest BCUT2D eigenvalue weighted by molar-refractivity contribution is -0.0950. The summed E-state index contributed by atoms with van der Waals surface area (Å²) in [6.07, 6.45) is -0.765. The summed E-state index contributed by atoms with van der Waals surface area (Å²) in [5.41, 5.74) is -1.21. The zero-order valence-corrected chi connectivity index (χ0v) is 16.6. The van der Waals surface area contributed by atoms with Gasteiger partial charge >= 0.3 is 7.75 Å². The number of nitrogens with zero attached hydrogens (tertiary/aromatic N) is 4. The summed E-state index contributed by atoms with van der Waals surface area (Å²) >= 11 is 0. The third-order valence-electron chi connectivity index (χ3n) is 4.39. The van der Waals surface area contributed by atoms with Crippen molar-refractivity contribution in [2.75, 3.05) is 24.9 Å². The van der Waals surface area contributed by atoms with Crippen LogP contribution in [0.15, 0.2) is 12.7 Å². The monoisotopic (exact) mass is 417 g/mol. The van der Waals surface area contributed by atoms with Crippen LogP contribution in [-0.4, -0.2) is 72.5 Å². The Hall–Kier alpha value is -1.66. The molecule has 156 valence electrons. The first-order valence-electron chi connectivity index (χ1n) is 8.79. The van der Waals surface area contributed by atoms with E-state index in [4.69, 9.17) is 13.8 Å². The van der Waals surface area contributed by atoms with Crippen LogP contribution in [0.2, 0.25) is 0 Å². The second-order valence-corrected chi connectivity index (χ2v) is 8.11. The molecular weight excluding hydrogens is 393 g/mol. The number of rotatable bonds is 8. The highest BCUT2D eigenvalue weighted by atomic mass is 31.2. The van der Waals surface area contributed by atoms with Crippen molar-refractivity contribution < 1.29 is 33.7 Å². The molecule has 1 aliphatic heterocycles. The molecule has 1 unspecified atom stereocenters. The van der Waals surface area contributed by atoms with E-state index in [0.29, 0.717) is 0 Å². The molecule has 12 nitrogen and oxygen atoms in total. The van der Waals surface area contributed by atoms with Gasteiger partial charge in [-0.2, -0.15) is 0 Å². The number of aliphatic hydroxyl groups excluding tert-OH is 2. The van der Waals surface area contributed by atoms with Crippen LogP contribution in [0, 0.1) is 0 Å². The predicted octanol–water partition coefficient (Wildman–Crippen LogP) is 0.421. The number of hydrogen-bond acceptors (Lipinski definition) is 10. The van der Waals surface area contributed by atoms with Gasteiger partial charge in [-0.25, -0.2) is 19.5 Å². The smallest absolute Gasteiger partial charge is 0.394 e. The second kappa shape index (κ2) is 7.99. The number of aromatic nitrogens is 4. The quantitative estimate of drug-likeness (QED) is 0.441. The number of imidazole rings is 1. The molecule has 0 spiro atoms. The molecule has 13 heteroatoms. The fourth-order valence-electron chi connectivity index (χ4n) is 3.07. The molecule has 1 saturated heterocycles. The van der Waals surface area contributed by atoms with E-state index in [0.717, 1.165) is 0 Å². The van der Waals surface area contributed by atoms with E-state index in [1.54, 1.807) is 13.8 Å². The van der Waals surface area contributed by atoms with Gasteiger partial charge in [-0.05, 0) is 20.8 Å². The Labute approximate surface area is 161 Å². The summed E-state index contributed by atoms with van der Waals surface area (Å²) in [6, 6.07) is 0. The van der Waals surface area contributed by atoms with Crippen LogP contribution in [0.3, 0.4) is 0 Å². The van der Waals surface area contributed by atoms with Crippen LogP contribution >= 0.6 is 7.75 Å². The maximum Gasteiger partial charge on any atom is 0.433 e. The molecule has 3 rings (SSSR count). The zero-order valence-electron chi connectivity index (χ0n) is 15.7. The van der Waals surface area contributed by atoms with Gasteiger partial charge in [0.1, 0.15) is 24.1 Å². The van der Waals surface area contributed by atoms with Gasteiger partial charge in [0.15, 0.2) is 23.2 Å². The van der Waals surface area contributed by atoms with E-state index >= 15 is 0 Å². The first-order chi connectivity index (χ1) is 13.3. The number of fused-ring (bicyclic) bond motifs is 1. The number of aliphatic hydroxyl groups is 3. The molecule has 4 N–H and O–H groups in total. The van der Waals surface area contributed by atoms with Gasteiger partial charge in [-0.3, -0.25) is 18.7 Å². The maximum absolute atomic E-state index is 12.7. The number of nitrogens with one attached hydrogen (secondary N) is 1. The minimum absolute atomic E-state index is 0.117. The molecule has 28 heavy (non-hydrogen) atoms. The summed E-state index contributed by atoms with van der Waals surface area (Å²) in [7, 11) is -3.66. The van der Waals surface area contributed by atoms with Crippen molar-refractivity contribution in [3.63, 3.8) is 0 Å². The lowest BCUT2D eigenvalue weighted by Crippen LogP contribution is -2.44. The first kappa shape index (κ1) is 21.1. The van der Waals surface area contributed by atoms with Crippen LogP contribution < -0.4 is 5.09 Å². The Balaban J connectivity index is 1.99. The molecule has 0 radical (unpaired) electrons. The molecule has 0 amide bonds. The highest BCUT2D eigenvalue weighted by Gasteiger charge is 2.53. The standard InChI is InChI=1S/C15H24N5O7P/c1-4-25-28(24,26-5-2)19-12-10-13(17-7-16-12)20(8-18-10)14-15(3,23)11(22)9(6-21)27-14/h7-9,11,14,21-23H,4-6H2,1-3H3,(H,16,17,19,24)/t9-,11-,14?,15-/m1/s1. The molecule has 2 aromatic rings. The molecular formula is C15H24N5O7P. The number of anilines is 1. The molecule has 0 aliphatic carbocycles. The van der Waals surface area contributed by atoms with Gasteiger partial charge in [0, 0.05) is 0 Å². The fraction of sp³-hybridized carbons (Fsp3) is 0.667. The summed E-state index contributed by atoms with van der Waals surface area (Å²) in [6.45, 7) is 4.61. The molecule has 0 aromatic carbocycles. The number of ether oxygens (including phenoxy) is 1. The molecule has 4 atom stereocenters. The lowest BCUT2D eigenvalue weighted by atomic mass is 9.96. The Morgan fingerprint density at radius 1 is 1.32 bits per heavy atom. The highest BCUT2D eigenvalue weighted by Crippen LogP contribution is 2.48. The van der Waals surface area contributed by atoms with Crippen molar-refractivity contribution >= 4 is 24.7 Å².